The number of carbonyl (C=O) groups is 2. The van der Waals surface area contributed by atoms with Crippen LogP contribution in [0.5, 0.6) is 0 Å². The van der Waals surface area contributed by atoms with E-state index in [9.17, 15) is 9.59 Å². The van der Waals surface area contributed by atoms with Gasteiger partial charge in [-0.2, -0.15) is 0 Å². The van der Waals surface area contributed by atoms with Crippen molar-refractivity contribution in [3.05, 3.63) is 65.5 Å². The molecule has 0 aliphatic carbocycles. The Bertz CT molecular complexity index is 985. The SMILES string of the molecule is C=CCNC(=O)CSc1nc(-c2ccccc2)c(NC(=O)c2ccc(Br)o2)s1. The van der Waals surface area contributed by atoms with Gasteiger partial charge in [0.15, 0.2) is 14.8 Å². The third-order valence-corrected chi connectivity index (χ3v) is 5.99. The van der Waals surface area contributed by atoms with E-state index in [0.717, 1.165) is 5.56 Å². The van der Waals surface area contributed by atoms with Crippen LogP contribution in [0.3, 0.4) is 0 Å². The highest BCUT2D eigenvalue weighted by molar-refractivity contribution is 9.10. The number of nitrogens with one attached hydrogen (secondary N) is 2. The normalized spacial score (nSPS) is 10.5. The summed E-state index contributed by atoms with van der Waals surface area (Å²) in [7, 11) is 0. The average molecular weight is 478 g/mol. The molecule has 0 aliphatic heterocycles. The zero-order valence-electron chi connectivity index (χ0n) is 14.6. The highest BCUT2D eigenvalue weighted by atomic mass is 79.9. The lowest BCUT2D eigenvalue weighted by molar-refractivity contribution is -0.118. The van der Waals surface area contributed by atoms with Crippen LogP contribution < -0.4 is 10.6 Å². The maximum atomic E-state index is 12.5. The van der Waals surface area contributed by atoms with E-state index in [1.54, 1.807) is 18.2 Å². The van der Waals surface area contributed by atoms with Gasteiger partial charge in [-0.15, -0.1) is 6.58 Å². The number of furan rings is 1. The molecule has 0 saturated heterocycles. The molecular weight excluding hydrogens is 462 g/mol. The molecule has 0 spiro atoms. The van der Waals surface area contributed by atoms with Gasteiger partial charge in [0.05, 0.1) is 5.75 Å². The lowest BCUT2D eigenvalue weighted by atomic mass is 10.2. The number of hydrogen-bond acceptors (Lipinski definition) is 6. The molecule has 0 fully saturated rings. The van der Waals surface area contributed by atoms with Crippen LogP contribution in [0.4, 0.5) is 5.00 Å². The number of benzene rings is 1. The Morgan fingerprint density at radius 1 is 1.25 bits per heavy atom. The Hall–Kier alpha value is -2.36. The Kier molecular flexibility index (Phi) is 7.07. The van der Waals surface area contributed by atoms with Crippen molar-refractivity contribution >= 4 is 55.8 Å². The molecule has 0 unspecified atom stereocenters. The van der Waals surface area contributed by atoms with E-state index >= 15 is 0 Å². The zero-order chi connectivity index (χ0) is 19.9. The van der Waals surface area contributed by atoms with Crippen molar-refractivity contribution < 1.29 is 14.0 Å². The average Bonchev–Trinajstić information content (AvgIpc) is 3.31. The first-order valence-corrected chi connectivity index (χ1v) is 10.8. The molecule has 2 N–H and O–H groups in total. The highest BCUT2D eigenvalue weighted by Crippen LogP contribution is 2.37. The van der Waals surface area contributed by atoms with Crippen molar-refractivity contribution in [2.45, 2.75) is 4.34 Å². The topological polar surface area (TPSA) is 84.2 Å². The quantitative estimate of drug-likeness (QED) is 0.359. The Labute approximate surface area is 178 Å². The van der Waals surface area contributed by atoms with Crippen molar-refractivity contribution in [3.8, 4) is 11.3 Å². The molecule has 2 aromatic heterocycles. The second-order valence-corrected chi connectivity index (χ2v) is 8.47. The van der Waals surface area contributed by atoms with Crippen LogP contribution in [-0.4, -0.2) is 29.1 Å². The van der Waals surface area contributed by atoms with Crippen molar-refractivity contribution in [1.29, 1.82) is 0 Å². The van der Waals surface area contributed by atoms with Crippen molar-refractivity contribution in [1.82, 2.24) is 10.3 Å². The van der Waals surface area contributed by atoms with Gasteiger partial charge < -0.3 is 15.1 Å². The second kappa shape index (κ2) is 9.72. The monoisotopic (exact) mass is 477 g/mol. The fraction of sp³-hybridized carbons (Fsp3) is 0.105. The van der Waals surface area contributed by atoms with E-state index in [2.05, 4.69) is 38.1 Å². The minimum atomic E-state index is -0.369. The third-order valence-electron chi connectivity index (χ3n) is 3.45. The minimum absolute atomic E-state index is 0.104. The lowest BCUT2D eigenvalue weighted by Crippen LogP contribution is -2.24. The van der Waals surface area contributed by atoms with Gasteiger partial charge in [-0.05, 0) is 28.1 Å². The molecule has 1 aromatic carbocycles. The molecule has 3 rings (SSSR count). The van der Waals surface area contributed by atoms with Crippen molar-refractivity contribution in [2.24, 2.45) is 0 Å². The smallest absolute Gasteiger partial charge is 0.292 e. The summed E-state index contributed by atoms with van der Waals surface area (Å²) >= 11 is 5.82. The molecule has 0 bridgehead atoms. The van der Waals surface area contributed by atoms with Gasteiger partial charge >= 0.3 is 0 Å². The van der Waals surface area contributed by atoms with Gasteiger partial charge in [-0.1, -0.05) is 59.5 Å². The van der Waals surface area contributed by atoms with E-state index < -0.39 is 0 Å². The molecule has 2 amide bonds. The molecule has 3 aromatic rings. The van der Waals surface area contributed by atoms with Crippen LogP contribution in [0.25, 0.3) is 11.3 Å². The maximum absolute atomic E-state index is 12.5. The Balaban J connectivity index is 1.80. The number of halogens is 1. The van der Waals surface area contributed by atoms with Crippen LogP contribution in [-0.2, 0) is 4.79 Å². The van der Waals surface area contributed by atoms with E-state index in [0.29, 0.717) is 26.2 Å². The summed E-state index contributed by atoms with van der Waals surface area (Å²) < 4.78 is 6.47. The summed E-state index contributed by atoms with van der Waals surface area (Å²) in [5.41, 5.74) is 1.52. The van der Waals surface area contributed by atoms with Crippen LogP contribution in [0, 0.1) is 0 Å². The van der Waals surface area contributed by atoms with E-state index in [1.165, 1.54) is 23.1 Å². The number of nitrogens with zero attached hydrogens (tertiary/aromatic N) is 1. The van der Waals surface area contributed by atoms with Gasteiger partial charge in [0.2, 0.25) is 5.91 Å². The second-order valence-electron chi connectivity index (χ2n) is 5.46. The summed E-state index contributed by atoms with van der Waals surface area (Å²) in [5, 5.41) is 6.18. The van der Waals surface area contributed by atoms with Gasteiger partial charge in [-0.25, -0.2) is 4.98 Å². The number of hydrogen-bond donors (Lipinski definition) is 2. The van der Waals surface area contributed by atoms with E-state index in [-0.39, 0.29) is 23.3 Å². The lowest BCUT2D eigenvalue weighted by Gasteiger charge is -2.03. The third kappa shape index (κ3) is 5.34. The standard InChI is InChI=1S/C19H16BrN3O3S2/c1-2-10-21-15(24)11-27-19-22-16(12-6-4-3-5-7-12)18(28-19)23-17(25)13-8-9-14(20)26-13/h2-9H,1,10-11H2,(H,21,24)(H,23,25). The minimum Gasteiger partial charge on any atom is -0.444 e. The molecule has 6 nitrogen and oxygen atoms in total. The van der Waals surface area contributed by atoms with Crippen molar-refractivity contribution in [3.63, 3.8) is 0 Å². The number of amides is 2. The van der Waals surface area contributed by atoms with Crippen LogP contribution in [0.15, 0.2) is 68.5 Å². The van der Waals surface area contributed by atoms with E-state index in [4.69, 9.17) is 4.42 Å². The first-order chi connectivity index (χ1) is 13.6. The molecule has 0 atom stereocenters. The van der Waals surface area contributed by atoms with Crippen LogP contribution in [0.1, 0.15) is 10.6 Å². The van der Waals surface area contributed by atoms with Gasteiger partial charge in [0, 0.05) is 12.1 Å². The first-order valence-electron chi connectivity index (χ1n) is 8.20. The summed E-state index contributed by atoms with van der Waals surface area (Å²) in [4.78, 5) is 28.9. The van der Waals surface area contributed by atoms with Gasteiger partial charge in [0.25, 0.3) is 5.91 Å². The van der Waals surface area contributed by atoms with Crippen LogP contribution in [0.2, 0.25) is 0 Å². The van der Waals surface area contributed by atoms with Crippen LogP contribution >= 0.6 is 39.0 Å². The summed E-state index contributed by atoms with van der Waals surface area (Å²) in [6.07, 6.45) is 1.63. The number of thiazole rings is 1. The molecule has 0 aliphatic rings. The highest BCUT2D eigenvalue weighted by Gasteiger charge is 2.19. The fourth-order valence-electron chi connectivity index (χ4n) is 2.20. The summed E-state index contributed by atoms with van der Waals surface area (Å²) in [6, 6.07) is 12.8. The number of rotatable bonds is 8. The largest absolute Gasteiger partial charge is 0.444 e. The Morgan fingerprint density at radius 2 is 2.04 bits per heavy atom. The molecule has 0 saturated carbocycles. The maximum Gasteiger partial charge on any atom is 0.292 e. The predicted molar refractivity (Wildman–Crippen MR) is 116 cm³/mol. The molecule has 9 heteroatoms. The molecule has 28 heavy (non-hydrogen) atoms. The molecular formula is C19H16BrN3O3S2. The molecule has 2 heterocycles. The fourth-order valence-corrected chi connectivity index (χ4v) is 4.40. The van der Waals surface area contributed by atoms with Gasteiger partial charge in [0.1, 0.15) is 10.7 Å². The van der Waals surface area contributed by atoms with Gasteiger partial charge in [-0.3, -0.25) is 9.59 Å². The number of thioether (sulfide) groups is 1. The zero-order valence-corrected chi connectivity index (χ0v) is 17.8. The Morgan fingerprint density at radius 3 is 2.71 bits per heavy atom. The number of anilines is 1. The number of aromatic nitrogens is 1. The number of carbonyl (C=O) groups excluding carboxylic acids is 2. The molecule has 0 radical (unpaired) electrons. The summed E-state index contributed by atoms with van der Waals surface area (Å²) in [6.45, 7) is 3.99. The van der Waals surface area contributed by atoms with Crippen molar-refractivity contribution in [2.75, 3.05) is 17.6 Å². The van der Waals surface area contributed by atoms with E-state index in [1.807, 2.05) is 30.3 Å². The summed E-state index contributed by atoms with van der Waals surface area (Å²) in [5.74, 6) is -0.0508. The predicted octanol–water partition coefficient (Wildman–Crippen LogP) is 4.81. The first kappa shape index (κ1) is 20.4. The molecule has 144 valence electrons.